The fourth-order valence-electron chi connectivity index (χ4n) is 2.49. The molecular weight excluding hydrogens is 328 g/mol. The summed E-state index contributed by atoms with van der Waals surface area (Å²) in [4.78, 5) is 11.5. The maximum atomic E-state index is 10.8. The predicted molar refractivity (Wildman–Crippen MR) is 93.3 cm³/mol. The molecule has 0 aliphatic rings. The predicted octanol–water partition coefficient (Wildman–Crippen LogP) is 2.42. The summed E-state index contributed by atoms with van der Waals surface area (Å²) in [5.74, 6) is 0. The Balaban J connectivity index is 2.23. The largest absolute Gasteiger partial charge is 0.378 e. The monoisotopic (exact) mass is 345 g/mol. The van der Waals surface area contributed by atoms with Gasteiger partial charge < -0.3 is 10.2 Å². The summed E-state index contributed by atoms with van der Waals surface area (Å²) >= 11 is 6.29. The zero-order valence-electron chi connectivity index (χ0n) is 13.4. The van der Waals surface area contributed by atoms with Gasteiger partial charge in [0.2, 0.25) is 0 Å². The van der Waals surface area contributed by atoms with Crippen LogP contribution in [0.3, 0.4) is 0 Å². The van der Waals surface area contributed by atoms with Crippen LogP contribution >= 0.6 is 11.6 Å². The summed E-state index contributed by atoms with van der Waals surface area (Å²) in [7, 11) is 4.05. The molecule has 1 atom stereocenters. The molecule has 0 aromatic heterocycles. The number of nitrogens with zero attached hydrogens (tertiary/aromatic N) is 2. The molecule has 6 nitrogen and oxygen atoms in total. The molecule has 124 valence electrons. The lowest BCUT2D eigenvalue weighted by atomic mass is 10.1. The van der Waals surface area contributed by atoms with E-state index in [-0.39, 0.29) is 17.3 Å². The van der Waals surface area contributed by atoms with Gasteiger partial charge in [0.1, 0.15) is 12.1 Å². The minimum atomic E-state index is -0.513. The first kappa shape index (κ1) is 17.7. The molecule has 0 fully saturated rings. The minimum Gasteiger partial charge on any atom is -0.378 e. The number of benzene rings is 2. The van der Waals surface area contributed by atoms with Crippen LogP contribution in [-0.2, 0) is 0 Å². The van der Waals surface area contributed by atoms with Gasteiger partial charge in [-0.05, 0) is 12.1 Å². The van der Waals surface area contributed by atoms with Crippen LogP contribution in [0.1, 0.15) is 17.2 Å². The number of nitro groups is 1. The van der Waals surface area contributed by atoms with Crippen molar-refractivity contribution < 1.29 is 9.82 Å². The molecule has 2 aromatic rings. The maximum Gasteiger partial charge on any atom is 0.270 e. The van der Waals surface area contributed by atoms with Crippen molar-refractivity contribution in [2.75, 3.05) is 26.0 Å². The highest BCUT2D eigenvalue weighted by Crippen LogP contribution is 2.24. The molecule has 0 aliphatic heterocycles. The van der Waals surface area contributed by atoms with E-state index in [2.05, 4.69) is 5.32 Å². The molecule has 2 rings (SSSR count). The van der Waals surface area contributed by atoms with Gasteiger partial charge in [0.25, 0.3) is 5.69 Å². The molecule has 0 saturated carbocycles. The van der Waals surface area contributed by atoms with Gasteiger partial charge in [0, 0.05) is 22.7 Å². The summed E-state index contributed by atoms with van der Waals surface area (Å²) in [6.45, 7) is 0.540. The van der Waals surface area contributed by atoms with Gasteiger partial charge in [-0.15, -0.1) is 0 Å². The normalized spacial score (nSPS) is 11.8. The van der Waals surface area contributed by atoms with Gasteiger partial charge in [-0.3, -0.25) is 10.1 Å². The van der Waals surface area contributed by atoms with Crippen LogP contribution in [0.4, 0.5) is 11.4 Å². The smallest absolute Gasteiger partial charge is 0.270 e. The third kappa shape index (κ3) is 4.02. The van der Waals surface area contributed by atoms with Gasteiger partial charge in [0.05, 0.1) is 36.8 Å². The van der Waals surface area contributed by atoms with E-state index in [1.54, 1.807) is 6.07 Å². The SMILES string of the molecule is C[NH+](C)[C@@H](CNc1ccc([N+](=O)[O-])cc1C#N)c1ccccc1Cl. The molecule has 0 spiro atoms. The quantitative estimate of drug-likeness (QED) is 0.622. The molecular formula is C17H18ClN4O2+. The van der Waals surface area contributed by atoms with E-state index >= 15 is 0 Å². The number of halogens is 1. The number of rotatable bonds is 6. The van der Waals surface area contributed by atoms with Crippen LogP contribution in [0.2, 0.25) is 5.02 Å². The number of quaternary nitrogens is 1. The molecule has 0 radical (unpaired) electrons. The molecule has 7 heteroatoms. The standard InChI is InChI=1S/C17H17ClN4O2/c1-21(2)17(14-5-3-4-6-15(14)18)11-20-16-8-7-13(22(23)24)9-12(16)10-19/h3-9,17,20H,11H2,1-2H3/p+1/t17-/m0/s1. The van der Waals surface area contributed by atoms with Crippen molar-refractivity contribution in [3.63, 3.8) is 0 Å². The molecule has 0 saturated heterocycles. The van der Waals surface area contributed by atoms with E-state index in [1.165, 1.54) is 17.0 Å². The van der Waals surface area contributed by atoms with Crippen LogP contribution < -0.4 is 10.2 Å². The molecule has 0 amide bonds. The van der Waals surface area contributed by atoms with Crippen molar-refractivity contribution in [1.82, 2.24) is 0 Å². The Hall–Kier alpha value is -2.62. The van der Waals surface area contributed by atoms with Crippen LogP contribution in [-0.4, -0.2) is 25.6 Å². The van der Waals surface area contributed by atoms with E-state index < -0.39 is 4.92 Å². The van der Waals surface area contributed by atoms with Crippen LogP contribution in [0, 0.1) is 21.4 Å². The fourth-order valence-corrected chi connectivity index (χ4v) is 2.75. The first-order valence-electron chi connectivity index (χ1n) is 7.41. The summed E-state index contributed by atoms with van der Waals surface area (Å²) in [5, 5.41) is 23.9. The van der Waals surface area contributed by atoms with Crippen molar-refractivity contribution in [1.29, 1.82) is 5.26 Å². The number of nitriles is 1. The van der Waals surface area contributed by atoms with Gasteiger partial charge in [-0.25, -0.2) is 0 Å². The molecule has 2 aromatic carbocycles. The first-order valence-corrected chi connectivity index (χ1v) is 7.78. The molecule has 24 heavy (non-hydrogen) atoms. The Morgan fingerprint density at radius 2 is 2.04 bits per heavy atom. The average Bonchev–Trinajstić information content (AvgIpc) is 2.56. The molecule has 0 bridgehead atoms. The number of likely N-dealkylation sites (N-methyl/N-ethyl adjacent to an activating group) is 1. The molecule has 2 N–H and O–H groups in total. The number of anilines is 1. The second kappa shape index (κ2) is 7.77. The first-order chi connectivity index (χ1) is 11.4. The van der Waals surface area contributed by atoms with Crippen molar-refractivity contribution in [2.45, 2.75) is 6.04 Å². The van der Waals surface area contributed by atoms with Gasteiger partial charge in [0.15, 0.2) is 0 Å². The number of nitro benzene ring substituents is 1. The number of hydrogen-bond acceptors (Lipinski definition) is 4. The molecule has 0 heterocycles. The van der Waals surface area contributed by atoms with E-state index in [0.717, 1.165) is 5.56 Å². The third-order valence-electron chi connectivity index (χ3n) is 3.81. The summed E-state index contributed by atoms with van der Waals surface area (Å²) in [5.41, 5.74) is 1.72. The van der Waals surface area contributed by atoms with Gasteiger partial charge in [-0.1, -0.05) is 29.8 Å². The van der Waals surface area contributed by atoms with Crippen molar-refractivity contribution in [3.8, 4) is 6.07 Å². The second-order valence-electron chi connectivity index (χ2n) is 5.63. The number of non-ortho nitro benzene ring substituents is 1. The summed E-state index contributed by atoms with van der Waals surface area (Å²) in [6.07, 6.45) is 0. The summed E-state index contributed by atoms with van der Waals surface area (Å²) < 4.78 is 0. The van der Waals surface area contributed by atoms with Crippen molar-refractivity contribution in [2.24, 2.45) is 0 Å². The zero-order valence-corrected chi connectivity index (χ0v) is 14.2. The van der Waals surface area contributed by atoms with Crippen LogP contribution in [0.25, 0.3) is 0 Å². The van der Waals surface area contributed by atoms with Crippen molar-refractivity contribution in [3.05, 3.63) is 68.7 Å². The number of hydrogen-bond donors (Lipinski definition) is 2. The second-order valence-corrected chi connectivity index (χ2v) is 6.04. The Morgan fingerprint density at radius 1 is 1.33 bits per heavy atom. The highest BCUT2D eigenvalue weighted by Gasteiger charge is 2.21. The minimum absolute atomic E-state index is 0.0698. The lowest BCUT2D eigenvalue weighted by Crippen LogP contribution is -3.06. The van der Waals surface area contributed by atoms with Crippen LogP contribution in [0.5, 0.6) is 0 Å². The van der Waals surface area contributed by atoms with E-state index in [1.807, 2.05) is 44.4 Å². The van der Waals surface area contributed by atoms with Crippen molar-refractivity contribution >= 4 is 23.0 Å². The Labute approximate surface area is 145 Å². The maximum absolute atomic E-state index is 10.8. The zero-order chi connectivity index (χ0) is 17.7. The highest BCUT2D eigenvalue weighted by atomic mass is 35.5. The molecule has 0 aliphatic carbocycles. The lowest BCUT2D eigenvalue weighted by Gasteiger charge is -2.23. The Bertz CT molecular complexity index is 786. The van der Waals surface area contributed by atoms with E-state index in [0.29, 0.717) is 17.3 Å². The average molecular weight is 346 g/mol. The van der Waals surface area contributed by atoms with E-state index in [9.17, 15) is 15.4 Å². The third-order valence-corrected chi connectivity index (χ3v) is 4.15. The van der Waals surface area contributed by atoms with Gasteiger partial charge >= 0.3 is 0 Å². The Morgan fingerprint density at radius 3 is 2.62 bits per heavy atom. The van der Waals surface area contributed by atoms with E-state index in [4.69, 9.17) is 11.6 Å². The Kier molecular flexibility index (Phi) is 5.74. The number of nitrogens with one attached hydrogen (secondary N) is 2. The fraction of sp³-hybridized carbons (Fsp3) is 0.235. The molecule has 0 unspecified atom stereocenters. The highest BCUT2D eigenvalue weighted by molar-refractivity contribution is 6.31. The van der Waals surface area contributed by atoms with Gasteiger partial charge in [-0.2, -0.15) is 5.26 Å². The topological polar surface area (TPSA) is 83.4 Å². The van der Waals surface area contributed by atoms with Crippen LogP contribution in [0.15, 0.2) is 42.5 Å². The lowest BCUT2D eigenvalue weighted by molar-refractivity contribution is -0.890. The summed E-state index contributed by atoms with van der Waals surface area (Å²) in [6, 6.07) is 13.9.